The van der Waals surface area contributed by atoms with Gasteiger partial charge in [0, 0.05) is 18.8 Å². The second-order valence-electron chi connectivity index (χ2n) is 9.53. The van der Waals surface area contributed by atoms with Crippen LogP contribution in [0.25, 0.3) is 0 Å². The molecule has 3 aromatic rings. The highest BCUT2D eigenvalue weighted by atomic mass is 35.5. The molecule has 0 saturated heterocycles. The Morgan fingerprint density at radius 1 is 1.00 bits per heavy atom. The van der Waals surface area contributed by atoms with Gasteiger partial charge in [0.2, 0.25) is 0 Å². The number of amides is 1. The first-order valence-corrected chi connectivity index (χ1v) is 12.6. The minimum Gasteiger partial charge on any atom is -0.481 e. The first kappa shape index (κ1) is 30.0. The lowest BCUT2D eigenvalue weighted by Gasteiger charge is -2.28. The summed E-state index contributed by atoms with van der Waals surface area (Å²) in [5, 5.41) is 12.6. The lowest BCUT2D eigenvalue weighted by atomic mass is 9.86. The molecule has 1 saturated carbocycles. The zero-order chi connectivity index (χ0) is 30.1. The summed E-state index contributed by atoms with van der Waals surface area (Å²) in [6.45, 7) is -1.74. The fourth-order valence-electron chi connectivity index (χ4n) is 4.87. The standard InChI is InChI=1S/C26H21ClF6N4O4/c27-19-9-34-10-20(30)22(19)21(38)12-36(11-13-5-15(28)7-16(29)6-13)24(39)18-8-35-37(23(18)26(31,32)33)17-3-1-14(2-4-17)25(40)41/h5-10,14,17H,1-4,11-12H2,(H,40,41)/t14-,17-. The number of alkyl halides is 3. The van der Waals surface area contributed by atoms with Crippen molar-refractivity contribution in [2.75, 3.05) is 6.54 Å². The number of carboxylic acid groups (broad SMARTS) is 1. The summed E-state index contributed by atoms with van der Waals surface area (Å²) in [7, 11) is 0. The quantitative estimate of drug-likeness (QED) is 0.262. The van der Waals surface area contributed by atoms with E-state index in [1.165, 1.54) is 0 Å². The Bertz CT molecular complexity index is 1450. The zero-order valence-corrected chi connectivity index (χ0v) is 21.7. The van der Waals surface area contributed by atoms with Crippen molar-refractivity contribution in [1.29, 1.82) is 0 Å². The summed E-state index contributed by atoms with van der Waals surface area (Å²) >= 11 is 5.89. The monoisotopic (exact) mass is 602 g/mol. The van der Waals surface area contributed by atoms with Gasteiger partial charge >= 0.3 is 12.1 Å². The Balaban J connectivity index is 1.73. The van der Waals surface area contributed by atoms with E-state index < -0.39 is 88.2 Å². The number of aromatic nitrogens is 3. The number of pyridine rings is 1. The zero-order valence-electron chi connectivity index (χ0n) is 21.0. The van der Waals surface area contributed by atoms with Crippen LogP contribution in [0.15, 0.2) is 36.8 Å². The molecule has 0 atom stereocenters. The molecular weight excluding hydrogens is 582 g/mol. The molecule has 0 aliphatic heterocycles. The Morgan fingerprint density at radius 2 is 1.63 bits per heavy atom. The molecule has 8 nitrogen and oxygen atoms in total. The van der Waals surface area contributed by atoms with Gasteiger partial charge in [-0.3, -0.25) is 24.0 Å². The number of aliphatic carboxylic acids is 1. The van der Waals surface area contributed by atoms with Crippen LogP contribution in [0.1, 0.15) is 63.7 Å². The lowest BCUT2D eigenvalue weighted by Crippen LogP contribution is -2.37. The molecule has 218 valence electrons. The number of hydrogen-bond acceptors (Lipinski definition) is 5. The summed E-state index contributed by atoms with van der Waals surface area (Å²) < 4.78 is 85.7. The van der Waals surface area contributed by atoms with Crippen molar-refractivity contribution in [3.63, 3.8) is 0 Å². The third kappa shape index (κ3) is 6.69. The van der Waals surface area contributed by atoms with E-state index >= 15 is 0 Å². The van der Waals surface area contributed by atoms with Gasteiger partial charge in [-0.15, -0.1) is 0 Å². The lowest BCUT2D eigenvalue weighted by molar-refractivity contribution is -0.147. The number of Topliss-reactive ketones (excluding diaryl/α,β-unsaturated/α-hetero) is 1. The number of benzene rings is 1. The summed E-state index contributed by atoms with van der Waals surface area (Å²) in [4.78, 5) is 41.9. The average Bonchev–Trinajstić information content (AvgIpc) is 3.33. The van der Waals surface area contributed by atoms with Gasteiger partial charge in [-0.1, -0.05) is 11.6 Å². The van der Waals surface area contributed by atoms with Crippen LogP contribution in [0.3, 0.4) is 0 Å². The number of nitrogens with zero attached hydrogens (tertiary/aromatic N) is 4. The van der Waals surface area contributed by atoms with Crippen molar-refractivity contribution in [3.05, 3.63) is 81.6 Å². The maximum Gasteiger partial charge on any atom is 0.433 e. The number of halogens is 7. The van der Waals surface area contributed by atoms with Crippen molar-refractivity contribution >= 4 is 29.3 Å². The number of rotatable bonds is 8. The van der Waals surface area contributed by atoms with Crippen LogP contribution in [0, 0.1) is 23.4 Å². The fourth-order valence-corrected chi connectivity index (χ4v) is 5.12. The molecule has 1 aromatic carbocycles. The molecule has 0 bridgehead atoms. The third-order valence-electron chi connectivity index (χ3n) is 6.74. The minimum atomic E-state index is -5.10. The summed E-state index contributed by atoms with van der Waals surface area (Å²) in [6.07, 6.45) is -2.49. The number of carboxylic acids is 1. The normalized spacial score (nSPS) is 17.3. The van der Waals surface area contributed by atoms with Gasteiger partial charge in [0.1, 0.15) is 11.6 Å². The van der Waals surface area contributed by atoms with Gasteiger partial charge in [-0.25, -0.2) is 13.2 Å². The van der Waals surface area contributed by atoms with Crippen molar-refractivity contribution in [3.8, 4) is 0 Å². The maximum absolute atomic E-state index is 14.3. The molecule has 0 radical (unpaired) electrons. The van der Waals surface area contributed by atoms with E-state index in [1.54, 1.807) is 0 Å². The van der Waals surface area contributed by atoms with Crippen LogP contribution >= 0.6 is 11.6 Å². The Labute approximate surface area is 233 Å². The number of ketones is 1. The topological polar surface area (TPSA) is 105 Å². The predicted octanol–water partition coefficient (Wildman–Crippen LogP) is 5.71. The molecular formula is C26H21ClF6N4O4. The average molecular weight is 603 g/mol. The van der Waals surface area contributed by atoms with Crippen LogP contribution in [-0.2, 0) is 17.5 Å². The molecule has 41 heavy (non-hydrogen) atoms. The van der Waals surface area contributed by atoms with Crippen molar-refractivity contribution < 1.29 is 45.8 Å². The van der Waals surface area contributed by atoms with Crippen LogP contribution in [0.2, 0.25) is 5.02 Å². The van der Waals surface area contributed by atoms with E-state index in [-0.39, 0.29) is 31.2 Å². The second-order valence-corrected chi connectivity index (χ2v) is 9.94. The Kier molecular flexibility index (Phi) is 8.71. The summed E-state index contributed by atoms with van der Waals surface area (Å²) in [6, 6.07) is 1.32. The van der Waals surface area contributed by atoms with Gasteiger partial charge in [0.05, 0.1) is 47.0 Å². The minimum absolute atomic E-state index is 0.0555. The molecule has 2 heterocycles. The maximum atomic E-state index is 14.3. The largest absolute Gasteiger partial charge is 0.481 e. The highest BCUT2D eigenvalue weighted by Gasteiger charge is 2.43. The third-order valence-corrected chi connectivity index (χ3v) is 7.02. The summed E-state index contributed by atoms with van der Waals surface area (Å²) in [5.74, 6) is -7.47. The predicted molar refractivity (Wildman–Crippen MR) is 130 cm³/mol. The molecule has 1 aliphatic rings. The van der Waals surface area contributed by atoms with E-state index in [4.69, 9.17) is 11.6 Å². The van der Waals surface area contributed by atoms with Crippen molar-refractivity contribution in [2.24, 2.45) is 5.92 Å². The molecule has 4 rings (SSSR count). The first-order chi connectivity index (χ1) is 19.3. The molecule has 0 spiro atoms. The van der Waals surface area contributed by atoms with Gasteiger partial charge < -0.3 is 10.0 Å². The molecule has 15 heteroatoms. The van der Waals surface area contributed by atoms with E-state index in [2.05, 4.69) is 10.1 Å². The highest BCUT2D eigenvalue weighted by Crippen LogP contribution is 2.39. The van der Waals surface area contributed by atoms with E-state index in [1.807, 2.05) is 0 Å². The molecule has 1 N–H and O–H groups in total. The van der Waals surface area contributed by atoms with Crippen molar-refractivity contribution in [2.45, 2.75) is 44.4 Å². The number of carbonyl (C=O) groups is 3. The van der Waals surface area contributed by atoms with E-state index in [9.17, 15) is 45.8 Å². The van der Waals surface area contributed by atoms with Crippen LogP contribution in [0.4, 0.5) is 26.3 Å². The number of carbonyl (C=O) groups excluding carboxylic acids is 2. The van der Waals surface area contributed by atoms with Gasteiger partial charge in [0.15, 0.2) is 17.3 Å². The van der Waals surface area contributed by atoms with Crippen LogP contribution in [-0.4, -0.2) is 49.0 Å². The van der Waals surface area contributed by atoms with Gasteiger partial charge in [-0.05, 0) is 43.4 Å². The fraction of sp³-hybridized carbons (Fsp3) is 0.346. The van der Waals surface area contributed by atoms with Crippen LogP contribution in [0.5, 0.6) is 0 Å². The molecule has 1 amide bonds. The second kappa shape index (κ2) is 11.9. The Morgan fingerprint density at radius 3 is 2.20 bits per heavy atom. The SMILES string of the molecule is O=C(CN(Cc1cc(F)cc(F)c1)C(=O)c1cnn([C@H]2CC[C@H](C(=O)O)CC2)c1C(F)(F)F)c1c(F)cncc1Cl. The van der Waals surface area contributed by atoms with Crippen LogP contribution < -0.4 is 0 Å². The molecule has 0 unspecified atom stereocenters. The van der Waals surface area contributed by atoms with E-state index in [0.717, 1.165) is 18.3 Å². The summed E-state index contributed by atoms with van der Waals surface area (Å²) in [5.41, 5.74) is -3.26. The highest BCUT2D eigenvalue weighted by molar-refractivity contribution is 6.34. The number of hydrogen-bond donors (Lipinski definition) is 1. The van der Waals surface area contributed by atoms with Crippen molar-refractivity contribution in [1.82, 2.24) is 19.7 Å². The van der Waals surface area contributed by atoms with E-state index in [0.29, 0.717) is 28.0 Å². The van der Waals surface area contributed by atoms with Gasteiger partial charge in [-0.2, -0.15) is 18.3 Å². The molecule has 1 fully saturated rings. The Hall–Kier alpha value is -3.94. The molecule has 2 aromatic heterocycles. The van der Waals surface area contributed by atoms with Gasteiger partial charge in [0.25, 0.3) is 5.91 Å². The molecule has 1 aliphatic carbocycles. The first-order valence-electron chi connectivity index (χ1n) is 12.2. The smallest absolute Gasteiger partial charge is 0.433 e.